The average Bonchev–Trinajstić information content (AvgIpc) is 3.50. The molecule has 216 valence electrons. The SMILES string of the molecule is C=CC1CC1(NC(=O)C1C(C)C(Oc2ncc(OC)c3ccc(Cl)cc23)CN1C(=O)OC(C)(C)C)C(=O)OCC. The highest BCUT2D eigenvalue weighted by molar-refractivity contribution is 6.31. The number of carbonyl (C=O) groups is 3. The molecule has 1 aromatic heterocycles. The minimum Gasteiger partial charge on any atom is -0.494 e. The van der Waals surface area contributed by atoms with Crippen LogP contribution >= 0.6 is 11.6 Å². The number of pyridine rings is 1. The fraction of sp³-hybridized carbons (Fsp3) is 0.517. The summed E-state index contributed by atoms with van der Waals surface area (Å²) < 4.78 is 22.7. The van der Waals surface area contributed by atoms with E-state index in [0.717, 1.165) is 5.39 Å². The minimum atomic E-state index is -1.21. The maximum atomic E-state index is 13.8. The highest BCUT2D eigenvalue weighted by Gasteiger charge is 2.62. The van der Waals surface area contributed by atoms with Crippen LogP contribution in [0.25, 0.3) is 10.8 Å². The lowest BCUT2D eigenvalue weighted by Gasteiger charge is -2.30. The smallest absolute Gasteiger partial charge is 0.411 e. The summed E-state index contributed by atoms with van der Waals surface area (Å²) in [5.41, 5.74) is -2.00. The van der Waals surface area contributed by atoms with Crippen molar-refractivity contribution in [2.75, 3.05) is 20.3 Å². The van der Waals surface area contributed by atoms with Gasteiger partial charge in [-0.1, -0.05) is 24.6 Å². The molecule has 2 fully saturated rings. The van der Waals surface area contributed by atoms with E-state index in [2.05, 4.69) is 16.9 Å². The normalized spacial score (nSPS) is 25.7. The van der Waals surface area contributed by atoms with Gasteiger partial charge in [-0.15, -0.1) is 6.58 Å². The average molecular weight is 574 g/mol. The van der Waals surface area contributed by atoms with Crippen LogP contribution in [0.4, 0.5) is 4.79 Å². The van der Waals surface area contributed by atoms with Gasteiger partial charge in [-0.3, -0.25) is 9.69 Å². The molecule has 1 N–H and O–H groups in total. The van der Waals surface area contributed by atoms with E-state index in [1.165, 1.54) is 4.90 Å². The summed E-state index contributed by atoms with van der Waals surface area (Å²) in [6.45, 7) is 12.8. The van der Waals surface area contributed by atoms with Crippen molar-refractivity contribution >= 4 is 40.3 Å². The Morgan fingerprint density at radius 2 is 2.00 bits per heavy atom. The Morgan fingerprint density at radius 1 is 1.27 bits per heavy atom. The van der Waals surface area contributed by atoms with E-state index in [1.54, 1.807) is 59.2 Å². The van der Waals surface area contributed by atoms with Crippen LogP contribution in [-0.2, 0) is 19.1 Å². The predicted molar refractivity (Wildman–Crippen MR) is 149 cm³/mol. The number of hydrogen-bond donors (Lipinski definition) is 1. The number of benzene rings is 1. The zero-order valence-corrected chi connectivity index (χ0v) is 24.4. The Balaban J connectivity index is 1.66. The van der Waals surface area contributed by atoms with Crippen molar-refractivity contribution in [2.45, 2.75) is 64.3 Å². The van der Waals surface area contributed by atoms with Gasteiger partial charge in [-0.05, 0) is 52.3 Å². The van der Waals surface area contributed by atoms with Crippen molar-refractivity contribution < 1.29 is 33.3 Å². The van der Waals surface area contributed by atoms with Gasteiger partial charge in [0, 0.05) is 27.6 Å². The Morgan fingerprint density at radius 3 is 2.60 bits per heavy atom. The van der Waals surface area contributed by atoms with Crippen LogP contribution in [-0.4, -0.2) is 71.4 Å². The molecule has 11 heteroatoms. The lowest BCUT2D eigenvalue weighted by molar-refractivity contribution is -0.149. The first-order chi connectivity index (χ1) is 18.8. The van der Waals surface area contributed by atoms with E-state index >= 15 is 0 Å². The highest BCUT2D eigenvalue weighted by Crippen LogP contribution is 2.46. The number of carbonyl (C=O) groups excluding carboxylic acids is 3. The van der Waals surface area contributed by atoms with Gasteiger partial charge in [-0.2, -0.15) is 0 Å². The second-order valence-electron chi connectivity index (χ2n) is 11.1. The largest absolute Gasteiger partial charge is 0.494 e. The Kier molecular flexibility index (Phi) is 8.21. The van der Waals surface area contributed by atoms with Crippen LogP contribution in [0.2, 0.25) is 5.02 Å². The van der Waals surface area contributed by atoms with Crippen molar-refractivity contribution in [2.24, 2.45) is 11.8 Å². The molecular weight excluding hydrogens is 538 g/mol. The van der Waals surface area contributed by atoms with Crippen LogP contribution in [0.15, 0.2) is 37.1 Å². The molecule has 1 aromatic carbocycles. The van der Waals surface area contributed by atoms with Gasteiger partial charge in [0.2, 0.25) is 11.8 Å². The van der Waals surface area contributed by atoms with Crippen molar-refractivity contribution in [1.82, 2.24) is 15.2 Å². The van der Waals surface area contributed by atoms with E-state index in [9.17, 15) is 14.4 Å². The number of esters is 1. The molecule has 10 nitrogen and oxygen atoms in total. The van der Waals surface area contributed by atoms with E-state index in [1.807, 2.05) is 13.0 Å². The number of amides is 2. The summed E-state index contributed by atoms with van der Waals surface area (Å²) in [5.74, 6) is -0.952. The van der Waals surface area contributed by atoms with Gasteiger partial charge >= 0.3 is 12.1 Å². The summed E-state index contributed by atoms with van der Waals surface area (Å²) in [4.78, 5) is 45.7. The highest BCUT2D eigenvalue weighted by atomic mass is 35.5. The zero-order chi connectivity index (χ0) is 29.4. The topological polar surface area (TPSA) is 116 Å². The lowest BCUT2D eigenvalue weighted by atomic mass is 9.99. The van der Waals surface area contributed by atoms with E-state index in [0.29, 0.717) is 22.6 Å². The van der Waals surface area contributed by atoms with Gasteiger partial charge in [0.25, 0.3) is 0 Å². The quantitative estimate of drug-likeness (QED) is 0.362. The summed E-state index contributed by atoms with van der Waals surface area (Å²) in [7, 11) is 1.55. The number of fused-ring (bicyclic) bond motifs is 1. The molecule has 1 aliphatic carbocycles. The Bertz CT molecular complexity index is 1330. The lowest BCUT2D eigenvalue weighted by Crippen LogP contribution is -2.55. The first kappa shape index (κ1) is 29.5. The molecule has 1 aliphatic heterocycles. The molecule has 5 atom stereocenters. The molecule has 0 spiro atoms. The van der Waals surface area contributed by atoms with Crippen LogP contribution in [0.3, 0.4) is 0 Å². The third-order valence-corrected chi connectivity index (χ3v) is 7.47. The molecule has 1 saturated carbocycles. The van der Waals surface area contributed by atoms with Crippen molar-refractivity contribution in [3.05, 3.63) is 42.1 Å². The molecule has 2 aliphatic rings. The minimum absolute atomic E-state index is 0.0568. The second-order valence-corrected chi connectivity index (χ2v) is 11.6. The van der Waals surface area contributed by atoms with Crippen molar-refractivity contribution in [3.63, 3.8) is 0 Å². The van der Waals surface area contributed by atoms with Gasteiger partial charge in [0.1, 0.15) is 29.0 Å². The number of likely N-dealkylation sites (tertiary alicyclic amines) is 1. The second kappa shape index (κ2) is 11.2. The van der Waals surface area contributed by atoms with Crippen LogP contribution in [0, 0.1) is 11.8 Å². The van der Waals surface area contributed by atoms with Crippen LogP contribution in [0.1, 0.15) is 41.0 Å². The van der Waals surface area contributed by atoms with Gasteiger partial charge in [0.15, 0.2) is 0 Å². The summed E-state index contributed by atoms with van der Waals surface area (Å²) in [6.07, 6.45) is 2.25. The van der Waals surface area contributed by atoms with Crippen molar-refractivity contribution in [3.8, 4) is 11.6 Å². The fourth-order valence-electron chi connectivity index (χ4n) is 5.11. The molecule has 1 saturated heterocycles. The number of nitrogens with zero attached hydrogens (tertiary/aromatic N) is 2. The van der Waals surface area contributed by atoms with Crippen molar-refractivity contribution in [1.29, 1.82) is 0 Å². The van der Waals surface area contributed by atoms with E-state index in [-0.39, 0.29) is 24.9 Å². The Labute approximate surface area is 238 Å². The monoisotopic (exact) mass is 573 g/mol. The molecule has 0 bridgehead atoms. The van der Waals surface area contributed by atoms with E-state index < -0.39 is 47.2 Å². The van der Waals surface area contributed by atoms with Gasteiger partial charge in [0.05, 0.1) is 26.5 Å². The summed E-state index contributed by atoms with van der Waals surface area (Å²) >= 11 is 6.27. The number of rotatable bonds is 8. The maximum absolute atomic E-state index is 13.8. The number of hydrogen-bond acceptors (Lipinski definition) is 8. The number of ether oxygens (including phenoxy) is 4. The van der Waals surface area contributed by atoms with Crippen LogP contribution in [0.5, 0.6) is 11.6 Å². The third kappa shape index (κ3) is 5.68. The summed E-state index contributed by atoms with van der Waals surface area (Å²) in [6, 6.07) is 4.30. The van der Waals surface area contributed by atoms with Gasteiger partial charge in [-0.25, -0.2) is 14.6 Å². The molecule has 0 radical (unpaired) electrons. The maximum Gasteiger partial charge on any atom is 0.411 e. The molecule has 5 unspecified atom stereocenters. The van der Waals surface area contributed by atoms with Gasteiger partial charge < -0.3 is 24.3 Å². The number of aromatic nitrogens is 1. The molecule has 4 rings (SSSR count). The standard InChI is InChI=1S/C29H36ClN3O7/c1-8-17-13-29(17,26(35)38-9-2)32-24(34)23-16(3)22(15-33(23)27(36)40-28(4,5)6)39-25-20-12-18(30)10-11-19(20)21(37-7)14-31-25/h8,10-12,14,16-17,22-23H,1,9,13,15H2,2-7H3,(H,32,34). The molecule has 40 heavy (non-hydrogen) atoms. The summed E-state index contributed by atoms with van der Waals surface area (Å²) in [5, 5.41) is 4.74. The first-order valence-electron chi connectivity index (χ1n) is 13.3. The fourth-order valence-corrected chi connectivity index (χ4v) is 5.29. The predicted octanol–water partition coefficient (Wildman–Crippen LogP) is 4.52. The Hall–Kier alpha value is -3.53. The molecule has 2 amide bonds. The number of methoxy groups -OCH3 is 1. The molecule has 2 aromatic rings. The zero-order valence-electron chi connectivity index (χ0n) is 23.7. The van der Waals surface area contributed by atoms with Crippen LogP contribution < -0.4 is 14.8 Å². The number of nitrogens with one attached hydrogen (secondary N) is 1. The molecular formula is C29H36ClN3O7. The first-order valence-corrected chi connectivity index (χ1v) is 13.6. The third-order valence-electron chi connectivity index (χ3n) is 7.24. The molecule has 2 heterocycles. The number of halogens is 1. The van der Waals surface area contributed by atoms with E-state index in [4.69, 9.17) is 30.5 Å².